The zero-order valence-corrected chi connectivity index (χ0v) is 23.0. The molecule has 4 aromatic heterocycles. The first-order chi connectivity index (χ1) is 19.7. The number of pyridine rings is 1. The van der Waals surface area contributed by atoms with Gasteiger partial charge in [0.2, 0.25) is 0 Å². The van der Waals surface area contributed by atoms with Gasteiger partial charge in [0.1, 0.15) is 11.5 Å². The second-order valence-corrected chi connectivity index (χ2v) is 12.0. The molecule has 0 aromatic carbocycles. The number of amides is 1. The molecule has 0 unspecified atom stereocenters. The molecule has 4 fully saturated rings. The van der Waals surface area contributed by atoms with Gasteiger partial charge in [-0.1, -0.05) is 0 Å². The maximum Gasteiger partial charge on any atom is 0.275 e. The van der Waals surface area contributed by atoms with E-state index < -0.39 is 0 Å². The van der Waals surface area contributed by atoms with E-state index >= 15 is 0 Å². The number of thiazole rings is 1. The Bertz CT molecular complexity index is 1540. The lowest BCUT2D eigenvalue weighted by Gasteiger charge is -2.48. The minimum absolute atomic E-state index is 0.285. The highest BCUT2D eigenvalue weighted by atomic mass is 32.1. The van der Waals surface area contributed by atoms with E-state index in [4.69, 9.17) is 4.74 Å². The van der Waals surface area contributed by atoms with Crippen LogP contribution in [0.5, 0.6) is 0 Å². The average molecular weight is 558 g/mol. The average Bonchev–Trinajstić information content (AvgIpc) is 3.83. The van der Waals surface area contributed by atoms with Crippen LogP contribution in [0, 0.1) is 0 Å². The number of nitrogens with one attached hydrogen (secondary N) is 1. The number of anilines is 2. The first-order valence-corrected chi connectivity index (χ1v) is 15.0. The minimum Gasteiger partial charge on any atom is -0.379 e. The Morgan fingerprint density at radius 1 is 1.02 bits per heavy atom. The number of rotatable bonds is 8. The van der Waals surface area contributed by atoms with Gasteiger partial charge in [-0.2, -0.15) is 0 Å². The fourth-order valence-corrected chi connectivity index (χ4v) is 6.39. The van der Waals surface area contributed by atoms with Crippen LogP contribution in [-0.4, -0.2) is 85.3 Å². The molecule has 0 radical (unpaired) electrons. The van der Waals surface area contributed by atoms with Crippen LogP contribution < -0.4 is 10.2 Å². The van der Waals surface area contributed by atoms with Crippen LogP contribution in [0.15, 0.2) is 42.6 Å². The Morgan fingerprint density at radius 3 is 2.67 bits per heavy atom. The molecule has 11 nitrogen and oxygen atoms in total. The predicted octanol–water partition coefficient (Wildman–Crippen LogP) is 3.57. The maximum atomic E-state index is 13.3. The van der Waals surface area contributed by atoms with Gasteiger partial charge in [0.05, 0.1) is 42.8 Å². The number of hydrogen-bond donors (Lipinski definition) is 1. The number of carbonyl (C=O) groups is 1. The van der Waals surface area contributed by atoms with Gasteiger partial charge in [-0.3, -0.25) is 9.69 Å². The zero-order chi connectivity index (χ0) is 26.6. The predicted molar refractivity (Wildman–Crippen MR) is 151 cm³/mol. The van der Waals surface area contributed by atoms with Crippen LogP contribution in [0.3, 0.4) is 0 Å². The molecule has 6 heterocycles. The van der Waals surface area contributed by atoms with Crippen molar-refractivity contribution in [3.05, 3.63) is 53.9 Å². The fourth-order valence-electron chi connectivity index (χ4n) is 5.64. The van der Waals surface area contributed by atoms with Gasteiger partial charge >= 0.3 is 0 Å². The molecule has 8 rings (SSSR count). The van der Waals surface area contributed by atoms with E-state index in [2.05, 4.69) is 45.8 Å². The van der Waals surface area contributed by atoms with Gasteiger partial charge < -0.3 is 24.1 Å². The molecule has 206 valence electrons. The molecule has 2 saturated carbocycles. The summed E-state index contributed by atoms with van der Waals surface area (Å²) in [6, 6.07) is 2.90. The second kappa shape index (κ2) is 9.79. The van der Waals surface area contributed by atoms with Gasteiger partial charge in [-0.15, -0.1) is 11.3 Å². The zero-order valence-electron chi connectivity index (χ0n) is 22.1. The molecule has 4 aromatic rings. The highest BCUT2D eigenvalue weighted by molar-refractivity contribution is 7.13. The van der Waals surface area contributed by atoms with Crippen molar-refractivity contribution in [1.29, 1.82) is 0 Å². The van der Waals surface area contributed by atoms with Crippen molar-refractivity contribution in [2.24, 2.45) is 0 Å². The minimum atomic E-state index is -0.285. The summed E-state index contributed by atoms with van der Waals surface area (Å²) < 4.78 is 9.75. The molecule has 40 heavy (non-hydrogen) atoms. The van der Waals surface area contributed by atoms with Crippen molar-refractivity contribution in [3.8, 4) is 16.5 Å². The molecule has 0 atom stereocenters. The topological polar surface area (TPSA) is 106 Å². The Kier molecular flexibility index (Phi) is 5.92. The molecular weight excluding hydrogens is 526 g/mol. The summed E-state index contributed by atoms with van der Waals surface area (Å²) in [5.41, 5.74) is 3.40. The van der Waals surface area contributed by atoms with Gasteiger partial charge in [-0.25, -0.2) is 19.9 Å². The number of ether oxygens (including phenoxy) is 1. The summed E-state index contributed by atoms with van der Waals surface area (Å²) in [5.74, 6) is 1.64. The highest BCUT2D eigenvalue weighted by Crippen LogP contribution is 2.40. The van der Waals surface area contributed by atoms with Gasteiger partial charge in [0.15, 0.2) is 10.8 Å². The largest absolute Gasteiger partial charge is 0.379 e. The standard InChI is InChI=1S/C28H31N9O2S/c38-27(32-25-16-40-28(33-25)26-29-5-6-37(26)19-3-4-19)21-11-23(36-15-22(31-17-36)18-1-2-18)24(12-30-21)35-13-20(14-35)34-7-9-39-10-8-34/h5-6,11-12,15-20H,1-4,7-10,13-14H2,(H,32,38). The van der Waals surface area contributed by atoms with E-state index in [-0.39, 0.29) is 5.91 Å². The number of carbonyl (C=O) groups excluding carboxylic acids is 1. The summed E-state index contributed by atoms with van der Waals surface area (Å²) in [5, 5.41) is 5.61. The quantitative estimate of drug-likeness (QED) is 0.351. The van der Waals surface area contributed by atoms with E-state index in [1.54, 1.807) is 0 Å². The number of nitrogens with zero attached hydrogens (tertiary/aromatic N) is 8. The molecule has 2 saturated heterocycles. The van der Waals surface area contributed by atoms with Crippen LogP contribution in [0.25, 0.3) is 16.5 Å². The lowest BCUT2D eigenvalue weighted by Crippen LogP contribution is -2.61. The molecule has 0 spiro atoms. The third-order valence-corrected chi connectivity index (χ3v) is 9.12. The van der Waals surface area contributed by atoms with Gasteiger partial charge in [0.25, 0.3) is 5.91 Å². The molecule has 12 heteroatoms. The second-order valence-electron chi connectivity index (χ2n) is 11.1. The van der Waals surface area contributed by atoms with E-state index in [1.807, 2.05) is 40.9 Å². The summed E-state index contributed by atoms with van der Waals surface area (Å²) in [4.78, 5) is 36.6. The number of morpholine rings is 1. The van der Waals surface area contributed by atoms with E-state index in [1.165, 1.54) is 37.0 Å². The van der Waals surface area contributed by atoms with Crippen molar-refractivity contribution >= 4 is 28.7 Å². The van der Waals surface area contributed by atoms with Crippen LogP contribution in [0.2, 0.25) is 0 Å². The van der Waals surface area contributed by atoms with E-state index in [9.17, 15) is 4.79 Å². The first-order valence-electron chi connectivity index (χ1n) is 14.1. The molecule has 2 aliphatic carbocycles. The maximum absolute atomic E-state index is 13.3. The van der Waals surface area contributed by atoms with Gasteiger partial charge in [-0.05, 0) is 31.7 Å². The van der Waals surface area contributed by atoms with E-state index in [0.717, 1.165) is 67.3 Å². The van der Waals surface area contributed by atoms with Crippen molar-refractivity contribution in [3.63, 3.8) is 0 Å². The van der Waals surface area contributed by atoms with Crippen molar-refractivity contribution in [1.82, 2.24) is 34.0 Å². The third-order valence-electron chi connectivity index (χ3n) is 8.28. The summed E-state index contributed by atoms with van der Waals surface area (Å²) in [6.07, 6.45) is 14.3. The summed E-state index contributed by atoms with van der Waals surface area (Å²) in [6.45, 7) is 5.43. The Morgan fingerprint density at radius 2 is 1.88 bits per heavy atom. The molecule has 2 aliphatic heterocycles. The summed E-state index contributed by atoms with van der Waals surface area (Å²) >= 11 is 1.48. The van der Waals surface area contributed by atoms with Crippen molar-refractivity contribution in [2.45, 2.75) is 43.7 Å². The molecule has 1 amide bonds. The normalized spacial score (nSPS) is 20.1. The number of hydrogen-bond acceptors (Lipinski definition) is 9. The summed E-state index contributed by atoms with van der Waals surface area (Å²) in [7, 11) is 0. The van der Waals surface area contributed by atoms with Gasteiger partial charge in [0, 0.05) is 68.2 Å². The molecule has 0 bridgehead atoms. The monoisotopic (exact) mass is 557 g/mol. The number of aromatic nitrogens is 6. The van der Waals surface area contributed by atoms with Crippen LogP contribution in [0.1, 0.15) is 53.8 Å². The highest BCUT2D eigenvalue weighted by Gasteiger charge is 2.35. The third kappa shape index (κ3) is 4.59. The smallest absolute Gasteiger partial charge is 0.275 e. The van der Waals surface area contributed by atoms with Crippen molar-refractivity contribution < 1.29 is 9.53 Å². The fraction of sp³-hybridized carbons (Fsp3) is 0.464. The van der Waals surface area contributed by atoms with Crippen LogP contribution >= 0.6 is 11.3 Å². The van der Waals surface area contributed by atoms with Crippen molar-refractivity contribution in [2.75, 3.05) is 49.6 Å². The SMILES string of the molecule is O=C(Nc1csc(-c2nccn2C2CC2)n1)c1cc(-n2cnc(C3CC3)c2)c(N2CC(N3CCOCC3)C2)cn1. The van der Waals surface area contributed by atoms with E-state index in [0.29, 0.717) is 29.5 Å². The van der Waals surface area contributed by atoms with Crippen LogP contribution in [0.4, 0.5) is 11.5 Å². The first kappa shape index (κ1) is 24.2. The Labute approximate surface area is 235 Å². The molecular formula is C28H31N9O2S. The molecule has 1 N–H and O–H groups in total. The Hall–Kier alpha value is -3.61. The Balaban J connectivity index is 1.03. The van der Waals surface area contributed by atoms with Crippen LogP contribution in [-0.2, 0) is 4.74 Å². The number of imidazole rings is 2. The lowest BCUT2D eigenvalue weighted by atomic mass is 10.0. The lowest BCUT2D eigenvalue weighted by molar-refractivity contribution is 0.0105. The molecule has 4 aliphatic rings.